The molecule has 0 aromatic rings. The van der Waals surface area contributed by atoms with E-state index >= 15 is 0 Å². The summed E-state index contributed by atoms with van der Waals surface area (Å²) in [4.78, 5) is 18.6. The van der Waals surface area contributed by atoms with Crippen molar-refractivity contribution < 1.29 is 34.8 Å². The van der Waals surface area contributed by atoms with Crippen LogP contribution in [0.4, 0.5) is 0 Å². The summed E-state index contributed by atoms with van der Waals surface area (Å²) < 4.78 is 4.90. The van der Waals surface area contributed by atoms with Gasteiger partial charge in [0.1, 0.15) is 5.60 Å². The third-order valence-electron chi connectivity index (χ3n) is 1.70. The molecular weight excluding hydrogens is 368 g/mol. The second-order valence-corrected chi connectivity index (χ2v) is 4.41. The highest BCUT2D eigenvalue weighted by molar-refractivity contribution is 7.81. The molecule has 25 heavy (non-hydrogen) atoms. The zero-order chi connectivity index (χ0) is 20.7. The molecular formula is C16H28O7S2. The average Bonchev–Trinajstić information content (AvgIpc) is 2.63. The fourth-order valence-electron chi connectivity index (χ4n) is 0.447. The van der Waals surface area contributed by atoms with Gasteiger partial charge >= 0.3 is 11.9 Å². The Bertz CT molecular complexity index is 355. The summed E-state index contributed by atoms with van der Waals surface area (Å²) in [5, 5.41) is 32.6. The van der Waals surface area contributed by atoms with Crippen molar-refractivity contribution in [1.29, 1.82) is 0 Å². The van der Waals surface area contributed by atoms with E-state index in [4.69, 9.17) is 25.2 Å². The van der Waals surface area contributed by atoms with Crippen LogP contribution < -0.4 is 0 Å². The molecule has 0 saturated carbocycles. The molecule has 0 unspecified atom stereocenters. The Morgan fingerprint density at radius 2 is 1.20 bits per heavy atom. The predicted octanol–water partition coefficient (Wildman–Crippen LogP) is 1.46. The summed E-state index contributed by atoms with van der Waals surface area (Å²) >= 11 is 6.83. The Labute approximate surface area is 159 Å². The van der Waals surface area contributed by atoms with Crippen molar-refractivity contribution in [1.82, 2.24) is 0 Å². The van der Waals surface area contributed by atoms with Crippen molar-refractivity contribution in [3.8, 4) is 0 Å². The maximum absolute atomic E-state index is 9.29. The molecule has 0 aliphatic rings. The van der Waals surface area contributed by atoms with Crippen LogP contribution in [0, 0.1) is 0 Å². The third-order valence-corrected chi connectivity index (χ3v) is 2.24. The fourth-order valence-corrected chi connectivity index (χ4v) is 0.447. The Morgan fingerprint density at radius 1 is 0.920 bits per heavy atom. The zero-order valence-electron chi connectivity index (χ0n) is 14.1. The molecule has 0 saturated heterocycles. The van der Waals surface area contributed by atoms with Crippen molar-refractivity contribution in [3.63, 3.8) is 0 Å². The lowest BCUT2D eigenvalue weighted by Crippen LogP contribution is -2.26. The molecule has 0 aliphatic carbocycles. The van der Waals surface area contributed by atoms with Gasteiger partial charge in [0, 0.05) is 0 Å². The normalized spacial score (nSPS) is 8.64. The molecule has 0 aromatic heterocycles. The van der Waals surface area contributed by atoms with Gasteiger partial charge in [-0.05, 0) is 0 Å². The van der Waals surface area contributed by atoms with E-state index in [1.54, 1.807) is 12.2 Å². The van der Waals surface area contributed by atoms with Gasteiger partial charge in [0.25, 0.3) is 0 Å². The van der Waals surface area contributed by atoms with Crippen LogP contribution in [0.25, 0.3) is 0 Å². The third kappa shape index (κ3) is 39.3. The summed E-state index contributed by atoms with van der Waals surface area (Å²) in [7, 11) is 0. The van der Waals surface area contributed by atoms with E-state index in [9.17, 15) is 9.59 Å². The quantitative estimate of drug-likeness (QED) is 0.198. The molecule has 0 bridgehead atoms. The molecule has 146 valence electrons. The number of hydrogen-bond donors (Lipinski definition) is 6. The van der Waals surface area contributed by atoms with Crippen LogP contribution in [-0.2, 0) is 14.3 Å². The van der Waals surface area contributed by atoms with Crippen molar-refractivity contribution >= 4 is 37.2 Å². The van der Waals surface area contributed by atoms with Crippen molar-refractivity contribution in [2.24, 2.45) is 0 Å². The van der Waals surface area contributed by atoms with E-state index in [0.717, 1.165) is 0 Å². The lowest BCUT2D eigenvalue weighted by atomic mass is 10.1. The minimum atomic E-state index is -1.29. The minimum Gasteiger partial charge on any atom is -0.481 e. The number of thiol groups is 2. The first kappa shape index (κ1) is 31.3. The Hall–Kier alpha value is -1.52. The number of carboxylic acid groups (broad SMARTS) is 2. The predicted molar refractivity (Wildman–Crippen MR) is 107 cm³/mol. The maximum atomic E-state index is 9.29. The van der Waals surface area contributed by atoms with Gasteiger partial charge in [-0.25, -0.2) is 0 Å². The van der Waals surface area contributed by atoms with E-state index in [-0.39, 0.29) is 18.1 Å². The fraction of sp³-hybridized carbons (Fsp3) is 0.375. The van der Waals surface area contributed by atoms with Gasteiger partial charge < -0.3 is 25.2 Å². The van der Waals surface area contributed by atoms with Crippen LogP contribution in [0.15, 0.2) is 50.6 Å². The van der Waals surface area contributed by atoms with Gasteiger partial charge in [-0.2, -0.15) is 25.3 Å². The molecule has 0 aliphatic heterocycles. The second kappa shape index (κ2) is 24.7. The van der Waals surface area contributed by atoms with Gasteiger partial charge in [-0.3, -0.25) is 9.59 Å². The molecule has 0 amide bonds. The number of hydrogen-bond acceptors (Lipinski definition) is 7. The highest BCUT2D eigenvalue weighted by atomic mass is 32.1. The van der Waals surface area contributed by atoms with Crippen LogP contribution in [0.2, 0.25) is 0 Å². The van der Waals surface area contributed by atoms with Crippen LogP contribution in [0.1, 0.15) is 0 Å². The molecule has 0 spiro atoms. The molecule has 0 rings (SSSR count). The van der Waals surface area contributed by atoms with E-state index in [1.807, 2.05) is 0 Å². The molecule has 9 heteroatoms. The lowest BCUT2D eigenvalue weighted by Gasteiger charge is -2.14. The average molecular weight is 397 g/mol. The van der Waals surface area contributed by atoms with Crippen molar-refractivity contribution in [3.05, 3.63) is 50.6 Å². The van der Waals surface area contributed by atoms with Crippen LogP contribution in [0.5, 0.6) is 0 Å². The Kier molecular flexibility index (Phi) is 30.9. The molecule has 0 atom stereocenters. The molecule has 0 heterocycles. The standard InChI is InChI=1S/C6H10O2.C6H10O.2C2H4O2S/c1-3-6(8,4-2)5-7;1-3-5-7-6-4-2;2*3-2(4)1-5/h3-4,7-8H,1-2,5H2;3-4H,1-2,5-6H2;2*5H,1H2,(H,3,4). The Balaban J connectivity index is -0.000000120. The monoisotopic (exact) mass is 396 g/mol. The number of ether oxygens (including phenoxy) is 1. The van der Waals surface area contributed by atoms with Crippen LogP contribution in [0.3, 0.4) is 0 Å². The zero-order valence-corrected chi connectivity index (χ0v) is 15.9. The lowest BCUT2D eigenvalue weighted by molar-refractivity contribution is -0.134. The second-order valence-electron chi connectivity index (χ2n) is 3.78. The maximum Gasteiger partial charge on any atom is 0.313 e. The van der Waals surface area contributed by atoms with E-state index in [0.29, 0.717) is 13.2 Å². The van der Waals surface area contributed by atoms with Crippen LogP contribution >= 0.6 is 25.3 Å². The summed E-state index contributed by atoms with van der Waals surface area (Å²) in [6.45, 7) is 14.4. The van der Waals surface area contributed by atoms with E-state index in [2.05, 4.69) is 51.6 Å². The van der Waals surface area contributed by atoms with Gasteiger partial charge in [-0.15, -0.1) is 13.2 Å². The highest BCUT2D eigenvalue weighted by Crippen LogP contribution is 2.03. The summed E-state index contributed by atoms with van der Waals surface area (Å²) in [6.07, 6.45) is 5.90. The number of rotatable bonds is 9. The SMILES string of the molecule is C=CC(O)(C=C)CO.C=CCOCC=C.O=C(O)CS.O=C(O)CS. The topological polar surface area (TPSA) is 124 Å². The number of aliphatic hydroxyl groups is 2. The number of aliphatic hydroxyl groups excluding tert-OH is 1. The van der Waals surface area contributed by atoms with Gasteiger partial charge in [-0.1, -0.05) is 37.5 Å². The summed E-state index contributed by atoms with van der Waals surface area (Å²) in [6, 6.07) is 0. The highest BCUT2D eigenvalue weighted by Gasteiger charge is 2.14. The first-order chi connectivity index (χ1) is 11.6. The van der Waals surface area contributed by atoms with Gasteiger partial charge in [0.05, 0.1) is 31.3 Å². The van der Waals surface area contributed by atoms with Gasteiger partial charge in [0.2, 0.25) is 0 Å². The molecule has 0 radical (unpaired) electrons. The molecule has 7 nitrogen and oxygen atoms in total. The smallest absolute Gasteiger partial charge is 0.313 e. The van der Waals surface area contributed by atoms with Gasteiger partial charge in [0.15, 0.2) is 0 Å². The van der Waals surface area contributed by atoms with Crippen LogP contribution in [-0.4, -0.2) is 69.3 Å². The number of aliphatic carboxylic acids is 2. The number of carbonyl (C=O) groups is 2. The summed E-state index contributed by atoms with van der Waals surface area (Å²) in [5.41, 5.74) is -1.29. The molecule has 0 aromatic carbocycles. The molecule has 0 fully saturated rings. The minimum absolute atomic E-state index is 0.0833. The van der Waals surface area contributed by atoms with Crippen molar-refractivity contribution in [2.45, 2.75) is 5.60 Å². The molecule has 4 N–H and O–H groups in total. The van der Waals surface area contributed by atoms with E-state index < -0.39 is 17.5 Å². The summed E-state index contributed by atoms with van der Waals surface area (Å²) in [5.74, 6) is -1.93. The number of carboxylic acids is 2. The van der Waals surface area contributed by atoms with Crippen molar-refractivity contribution in [2.75, 3.05) is 31.3 Å². The Morgan fingerprint density at radius 3 is 1.28 bits per heavy atom. The first-order valence-corrected chi connectivity index (χ1v) is 7.96. The van der Waals surface area contributed by atoms with E-state index in [1.165, 1.54) is 12.2 Å². The largest absolute Gasteiger partial charge is 0.481 e. The first-order valence-electron chi connectivity index (χ1n) is 6.69.